The van der Waals surface area contributed by atoms with E-state index in [2.05, 4.69) is 20.8 Å². The van der Waals surface area contributed by atoms with E-state index < -0.39 is 0 Å². The van der Waals surface area contributed by atoms with Crippen LogP contribution in [0.15, 0.2) is 0 Å². The second-order valence-corrected chi connectivity index (χ2v) is 8.29. The first kappa shape index (κ1) is 15.4. The van der Waals surface area contributed by atoms with Crippen LogP contribution in [-0.2, 0) is 0 Å². The Morgan fingerprint density at radius 1 is 0.789 bits per heavy atom. The third kappa shape index (κ3) is 3.97. The molecule has 1 N–H and O–H groups in total. The van der Waals surface area contributed by atoms with Gasteiger partial charge in [-0.3, -0.25) is 0 Å². The lowest BCUT2D eigenvalue weighted by molar-refractivity contribution is -0.0394. The number of aliphatic hydroxyl groups is 1. The van der Waals surface area contributed by atoms with E-state index in [1.807, 2.05) is 0 Å². The van der Waals surface area contributed by atoms with Crippen LogP contribution in [0, 0.1) is 17.3 Å². The highest BCUT2D eigenvalue weighted by Gasteiger charge is 2.39. The van der Waals surface area contributed by atoms with Crippen LogP contribution in [-0.4, -0.2) is 10.7 Å². The standard InChI is InChI=1S/C18H34O/c1-17(2,3)15-11-8-13-18(19,14-12-15)16-9-6-4-5-7-10-16/h15-16,19H,4-14H2,1-3H3. The minimum Gasteiger partial charge on any atom is -0.390 e. The molecule has 2 aliphatic carbocycles. The molecule has 0 amide bonds. The van der Waals surface area contributed by atoms with Crippen molar-refractivity contribution in [3.63, 3.8) is 0 Å². The molecule has 1 nitrogen and oxygen atoms in total. The Labute approximate surface area is 120 Å². The van der Waals surface area contributed by atoms with Crippen molar-refractivity contribution in [3.8, 4) is 0 Å². The summed E-state index contributed by atoms with van der Waals surface area (Å²) < 4.78 is 0. The molecule has 0 spiro atoms. The smallest absolute Gasteiger partial charge is 0.0675 e. The van der Waals surface area contributed by atoms with E-state index >= 15 is 0 Å². The maximum absolute atomic E-state index is 11.2. The predicted octanol–water partition coefficient (Wildman–Crippen LogP) is 5.31. The minimum absolute atomic E-state index is 0.329. The Bertz CT molecular complexity index is 270. The van der Waals surface area contributed by atoms with E-state index in [-0.39, 0.29) is 5.60 Å². The van der Waals surface area contributed by atoms with Crippen molar-refractivity contribution in [2.24, 2.45) is 17.3 Å². The van der Waals surface area contributed by atoms with E-state index in [1.54, 1.807) is 0 Å². The molecule has 2 atom stereocenters. The largest absolute Gasteiger partial charge is 0.390 e. The maximum atomic E-state index is 11.2. The van der Waals surface area contributed by atoms with Gasteiger partial charge in [-0.25, -0.2) is 0 Å². The first-order valence-electron chi connectivity index (χ1n) is 8.64. The van der Waals surface area contributed by atoms with Crippen molar-refractivity contribution in [3.05, 3.63) is 0 Å². The van der Waals surface area contributed by atoms with Gasteiger partial charge < -0.3 is 5.11 Å². The van der Waals surface area contributed by atoms with Gasteiger partial charge in [0.15, 0.2) is 0 Å². The molecule has 2 aliphatic rings. The highest BCUT2D eigenvalue weighted by Crippen LogP contribution is 2.44. The molecule has 0 radical (unpaired) electrons. The first-order chi connectivity index (χ1) is 8.92. The topological polar surface area (TPSA) is 20.2 Å². The van der Waals surface area contributed by atoms with Crippen LogP contribution in [0.2, 0.25) is 0 Å². The lowest BCUT2D eigenvalue weighted by atomic mass is 9.74. The first-order valence-corrected chi connectivity index (χ1v) is 8.64. The van der Waals surface area contributed by atoms with Crippen molar-refractivity contribution in [1.29, 1.82) is 0 Å². The molecule has 0 aromatic carbocycles. The summed E-state index contributed by atoms with van der Waals surface area (Å²) in [4.78, 5) is 0. The van der Waals surface area contributed by atoms with Crippen molar-refractivity contribution in [1.82, 2.24) is 0 Å². The summed E-state index contributed by atoms with van der Waals surface area (Å²) in [6.07, 6.45) is 13.9. The van der Waals surface area contributed by atoms with Gasteiger partial charge in [0.25, 0.3) is 0 Å². The Morgan fingerprint density at radius 3 is 2.00 bits per heavy atom. The summed E-state index contributed by atoms with van der Waals surface area (Å²) in [6, 6.07) is 0. The fourth-order valence-electron chi connectivity index (χ4n) is 4.44. The molecule has 2 saturated carbocycles. The second-order valence-electron chi connectivity index (χ2n) is 8.29. The summed E-state index contributed by atoms with van der Waals surface area (Å²) in [5.41, 5.74) is 0.0824. The van der Waals surface area contributed by atoms with Crippen LogP contribution >= 0.6 is 0 Å². The Balaban J connectivity index is 1.99. The summed E-state index contributed by atoms with van der Waals surface area (Å²) in [7, 11) is 0. The number of hydrogen-bond donors (Lipinski definition) is 1. The average Bonchev–Trinajstić information content (AvgIpc) is 2.69. The fraction of sp³-hybridized carbons (Fsp3) is 1.00. The molecule has 1 heteroatoms. The molecule has 0 aliphatic heterocycles. The molecule has 0 aromatic rings. The zero-order chi connectivity index (χ0) is 13.9. The second kappa shape index (κ2) is 6.16. The molecule has 0 saturated heterocycles. The number of rotatable bonds is 1. The Morgan fingerprint density at radius 2 is 1.42 bits per heavy atom. The van der Waals surface area contributed by atoms with Gasteiger partial charge in [-0.15, -0.1) is 0 Å². The van der Waals surface area contributed by atoms with E-state index in [9.17, 15) is 5.11 Å². The Hall–Kier alpha value is -0.0400. The summed E-state index contributed by atoms with van der Waals surface area (Å²) in [5.74, 6) is 1.39. The molecule has 2 rings (SSSR count). The highest BCUT2D eigenvalue weighted by atomic mass is 16.3. The molecule has 2 fully saturated rings. The molecule has 19 heavy (non-hydrogen) atoms. The monoisotopic (exact) mass is 266 g/mol. The fourth-order valence-corrected chi connectivity index (χ4v) is 4.44. The van der Waals surface area contributed by atoms with Gasteiger partial charge in [0, 0.05) is 0 Å². The molecular weight excluding hydrogens is 232 g/mol. The zero-order valence-corrected chi connectivity index (χ0v) is 13.4. The van der Waals surface area contributed by atoms with Crippen LogP contribution in [0.5, 0.6) is 0 Å². The molecule has 0 heterocycles. The van der Waals surface area contributed by atoms with Crippen LogP contribution in [0.25, 0.3) is 0 Å². The van der Waals surface area contributed by atoms with Crippen LogP contribution in [0.4, 0.5) is 0 Å². The normalized spacial score (nSPS) is 35.7. The van der Waals surface area contributed by atoms with E-state index in [0.29, 0.717) is 11.3 Å². The molecule has 0 aromatic heterocycles. The van der Waals surface area contributed by atoms with Gasteiger partial charge in [0.2, 0.25) is 0 Å². The van der Waals surface area contributed by atoms with Gasteiger partial charge in [0.1, 0.15) is 0 Å². The third-order valence-electron chi connectivity index (χ3n) is 5.93. The van der Waals surface area contributed by atoms with E-state index in [1.165, 1.54) is 57.8 Å². The van der Waals surface area contributed by atoms with Crippen molar-refractivity contribution < 1.29 is 5.11 Å². The van der Waals surface area contributed by atoms with Crippen molar-refractivity contribution >= 4 is 0 Å². The molecule has 0 bridgehead atoms. The van der Waals surface area contributed by atoms with Crippen LogP contribution < -0.4 is 0 Å². The third-order valence-corrected chi connectivity index (χ3v) is 5.93. The summed E-state index contributed by atoms with van der Waals surface area (Å²) in [5, 5.41) is 11.2. The molecular formula is C18H34O. The maximum Gasteiger partial charge on any atom is 0.0675 e. The zero-order valence-electron chi connectivity index (χ0n) is 13.4. The summed E-state index contributed by atoms with van der Waals surface area (Å²) >= 11 is 0. The van der Waals surface area contributed by atoms with Gasteiger partial charge in [-0.1, -0.05) is 52.9 Å². The highest BCUT2D eigenvalue weighted by molar-refractivity contribution is 4.92. The van der Waals surface area contributed by atoms with Gasteiger partial charge in [-0.05, 0) is 55.8 Å². The lowest BCUT2D eigenvalue weighted by Gasteiger charge is -2.36. The SMILES string of the molecule is CC(C)(C)C1CCCC(O)(C2CCCCCC2)CC1. The predicted molar refractivity (Wildman–Crippen MR) is 82.2 cm³/mol. The van der Waals surface area contributed by atoms with Crippen LogP contribution in [0.3, 0.4) is 0 Å². The van der Waals surface area contributed by atoms with Gasteiger partial charge in [-0.2, -0.15) is 0 Å². The van der Waals surface area contributed by atoms with Crippen molar-refractivity contribution in [2.45, 2.75) is 97.0 Å². The van der Waals surface area contributed by atoms with E-state index in [0.717, 1.165) is 18.8 Å². The van der Waals surface area contributed by atoms with Crippen molar-refractivity contribution in [2.75, 3.05) is 0 Å². The summed E-state index contributed by atoms with van der Waals surface area (Å²) in [6.45, 7) is 7.11. The van der Waals surface area contributed by atoms with Gasteiger partial charge in [0.05, 0.1) is 5.60 Å². The number of hydrogen-bond acceptors (Lipinski definition) is 1. The lowest BCUT2D eigenvalue weighted by Crippen LogP contribution is -2.37. The van der Waals surface area contributed by atoms with E-state index in [4.69, 9.17) is 0 Å². The quantitative estimate of drug-likeness (QED) is 0.637. The Kier molecular flexibility index (Phi) is 4.98. The molecule has 2 unspecified atom stereocenters. The minimum atomic E-state index is -0.329. The average molecular weight is 266 g/mol. The van der Waals surface area contributed by atoms with Crippen LogP contribution in [0.1, 0.15) is 91.4 Å². The van der Waals surface area contributed by atoms with Gasteiger partial charge >= 0.3 is 0 Å². The molecule has 112 valence electrons.